The molecule has 2 fully saturated rings. The van der Waals surface area contributed by atoms with Gasteiger partial charge in [-0.05, 0) is 67.2 Å². The average Bonchev–Trinajstić information content (AvgIpc) is 2.44. The third-order valence-corrected chi connectivity index (χ3v) is 3.88. The molecule has 0 aromatic carbocycles. The van der Waals surface area contributed by atoms with Crippen molar-refractivity contribution in [2.24, 2.45) is 0 Å². The molecule has 0 spiro atoms. The van der Waals surface area contributed by atoms with E-state index in [-0.39, 0.29) is 12.1 Å². The molecular formula is C18H34N2O6. The van der Waals surface area contributed by atoms with E-state index in [9.17, 15) is 19.8 Å². The average molecular weight is 374 g/mol. The number of amides is 2. The van der Waals surface area contributed by atoms with Gasteiger partial charge in [0, 0.05) is 0 Å². The zero-order chi connectivity index (χ0) is 20.1. The predicted molar refractivity (Wildman–Crippen MR) is 96.8 cm³/mol. The van der Waals surface area contributed by atoms with Crippen molar-refractivity contribution in [3.05, 3.63) is 0 Å². The molecule has 0 radical (unpaired) electrons. The maximum atomic E-state index is 11.2. The Kier molecular flexibility index (Phi) is 7.70. The summed E-state index contributed by atoms with van der Waals surface area (Å²) in [5.74, 6) is 0. The Morgan fingerprint density at radius 1 is 0.731 bits per heavy atom. The minimum atomic E-state index is -0.473. The summed E-state index contributed by atoms with van der Waals surface area (Å²) in [5.41, 5.74) is -0.947. The van der Waals surface area contributed by atoms with Crippen LogP contribution in [0.1, 0.15) is 67.2 Å². The minimum absolute atomic E-state index is 0.116. The van der Waals surface area contributed by atoms with E-state index in [2.05, 4.69) is 10.6 Å². The topological polar surface area (TPSA) is 117 Å². The maximum absolute atomic E-state index is 11.2. The van der Waals surface area contributed by atoms with Crippen LogP contribution < -0.4 is 10.6 Å². The number of carbonyl (C=O) groups excluding carboxylic acids is 2. The van der Waals surface area contributed by atoms with Crippen molar-refractivity contribution in [1.82, 2.24) is 10.6 Å². The summed E-state index contributed by atoms with van der Waals surface area (Å²) >= 11 is 0. The second-order valence-corrected chi connectivity index (χ2v) is 8.79. The van der Waals surface area contributed by atoms with Gasteiger partial charge in [0.15, 0.2) is 0 Å². The van der Waals surface area contributed by atoms with Crippen LogP contribution >= 0.6 is 0 Å². The van der Waals surface area contributed by atoms with Crippen molar-refractivity contribution in [1.29, 1.82) is 0 Å². The molecule has 0 unspecified atom stereocenters. The summed E-state index contributed by atoms with van der Waals surface area (Å²) in [7, 11) is 0. The van der Waals surface area contributed by atoms with Gasteiger partial charge < -0.3 is 30.3 Å². The van der Waals surface area contributed by atoms with Crippen LogP contribution in [0.25, 0.3) is 0 Å². The number of hydrogen-bond donors (Lipinski definition) is 4. The molecule has 0 aliphatic heterocycles. The highest BCUT2D eigenvalue weighted by molar-refractivity contribution is 5.68. The molecule has 2 amide bonds. The van der Waals surface area contributed by atoms with Crippen LogP contribution in [0.15, 0.2) is 0 Å². The Morgan fingerprint density at radius 3 is 1.19 bits per heavy atom. The van der Waals surface area contributed by atoms with Crippen molar-refractivity contribution < 1.29 is 29.3 Å². The van der Waals surface area contributed by atoms with Crippen molar-refractivity contribution in [2.45, 2.75) is 103 Å². The number of rotatable bonds is 2. The summed E-state index contributed by atoms with van der Waals surface area (Å²) in [6, 6.07) is -0.232. The van der Waals surface area contributed by atoms with Gasteiger partial charge in [0.05, 0.1) is 24.3 Å². The number of aliphatic hydroxyl groups is 2. The maximum Gasteiger partial charge on any atom is 0.407 e. The lowest BCUT2D eigenvalue weighted by Crippen LogP contribution is -2.51. The molecule has 8 nitrogen and oxygen atoms in total. The van der Waals surface area contributed by atoms with Crippen LogP contribution in [0.4, 0.5) is 9.59 Å². The molecule has 4 atom stereocenters. The quantitative estimate of drug-likeness (QED) is 0.588. The first-order chi connectivity index (χ1) is 11.8. The first kappa shape index (κ1) is 22.5. The van der Waals surface area contributed by atoms with Gasteiger partial charge in [-0.25, -0.2) is 9.59 Å². The van der Waals surface area contributed by atoms with E-state index in [0.717, 1.165) is 25.7 Å². The highest BCUT2D eigenvalue weighted by atomic mass is 16.6. The second-order valence-electron chi connectivity index (χ2n) is 8.79. The number of carbonyl (C=O) groups is 2. The highest BCUT2D eigenvalue weighted by Crippen LogP contribution is 2.20. The monoisotopic (exact) mass is 374 g/mol. The van der Waals surface area contributed by atoms with Crippen molar-refractivity contribution >= 4 is 12.2 Å². The van der Waals surface area contributed by atoms with Gasteiger partial charge in [0.2, 0.25) is 0 Å². The zero-order valence-corrected chi connectivity index (χ0v) is 16.7. The lowest BCUT2D eigenvalue weighted by molar-refractivity contribution is 0.0206. The summed E-state index contributed by atoms with van der Waals surface area (Å²) < 4.78 is 10.1. The lowest BCUT2D eigenvalue weighted by Gasteiger charge is -2.33. The number of hydrogen-bond acceptors (Lipinski definition) is 6. The number of alkyl carbamates (subject to hydrolysis) is 2. The van der Waals surface area contributed by atoms with E-state index in [0.29, 0.717) is 0 Å². The Balaban J connectivity index is 0.000000260. The molecule has 2 aliphatic carbocycles. The molecule has 2 saturated carbocycles. The van der Waals surface area contributed by atoms with Crippen LogP contribution in [-0.2, 0) is 9.47 Å². The molecule has 2 aliphatic rings. The van der Waals surface area contributed by atoms with Gasteiger partial charge in [0.25, 0.3) is 0 Å². The third-order valence-electron chi connectivity index (χ3n) is 3.88. The number of nitrogens with one attached hydrogen (secondary N) is 2. The van der Waals surface area contributed by atoms with Crippen LogP contribution in [0.3, 0.4) is 0 Å². The molecule has 26 heavy (non-hydrogen) atoms. The number of aliphatic hydroxyl groups excluding tert-OH is 2. The fourth-order valence-corrected chi connectivity index (χ4v) is 2.22. The van der Waals surface area contributed by atoms with Crippen molar-refractivity contribution in [3.63, 3.8) is 0 Å². The summed E-state index contributed by atoms with van der Waals surface area (Å²) in [6.45, 7) is 10.9. The van der Waals surface area contributed by atoms with E-state index in [1.165, 1.54) is 0 Å². The van der Waals surface area contributed by atoms with E-state index < -0.39 is 35.6 Å². The smallest absolute Gasteiger partial charge is 0.407 e. The van der Waals surface area contributed by atoms with Gasteiger partial charge in [-0.15, -0.1) is 0 Å². The van der Waals surface area contributed by atoms with E-state index in [1.54, 1.807) is 0 Å². The molecule has 2 rings (SSSR count). The summed E-state index contributed by atoms with van der Waals surface area (Å²) in [6.07, 6.45) is 1.51. The first-order valence-corrected chi connectivity index (χ1v) is 9.12. The molecule has 8 heteroatoms. The predicted octanol–water partition coefficient (Wildman–Crippen LogP) is 2.07. The molecule has 0 bridgehead atoms. The molecule has 4 N–H and O–H groups in total. The fraction of sp³-hybridized carbons (Fsp3) is 0.889. The van der Waals surface area contributed by atoms with Crippen LogP contribution in [-0.4, -0.2) is 57.9 Å². The minimum Gasteiger partial charge on any atom is -0.444 e. The largest absolute Gasteiger partial charge is 0.444 e. The fourth-order valence-electron chi connectivity index (χ4n) is 2.22. The SMILES string of the molecule is CC(C)(C)OC(=O)N[C@@H]1CC[C@H]1O.CC(C)(C)OC(=O)N[C@H]1CC[C@@H]1O. The van der Waals surface area contributed by atoms with Crippen LogP contribution in [0.5, 0.6) is 0 Å². The van der Waals surface area contributed by atoms with Gasteiger partial charge in [-0.1, -0.05) is 0 Å². The summed E-state index contributed by atoms with van der Waals surface area (Å²) in [5, 5.41) is 23.6. The molecule has 152 valence electrons. The normalized spacial score (nSPS) is 27.7. The van der Waals surface area contributed by atoms with E-state index in [4.69, 9.17) is 9.47 Å². The van der Waals surface area contributed by atoms with E-state index in [1.807, 2.05) is 41.5 Å². The van der Waals surface area contributed by atoms with Gasteiger partial charge in [-0.3, -0.25) is 0 Å². The van der Waals surface area contributed by atoms with Gasteiger partial charge in [-0.2, -0.15) is 0 Å². The highest BCUT2D eigenvalue weighted by Gasteiger charge is 2.32. The standard InChI is InChI=1S/2C9H17NO3/c2*1-9(2,3)13-8(12)10-6-4-5-7(6)11/h2*6-7,11H,4-5H2,1-3H3,(H,10,12)/t2*6-,7-/m10/s1. The Hall–Kier alpha value is -1.54. The number of ether oxygens (including phenoxy) is 2. The molecular weight excluding hydrogens is 340 g/mol. The van der Waals surface area contributed by atoms with Gasteiger partial charge in [0.1, 0.15) is 11.2 Å². The molecule has 0 heterocycles. The molecule has 0 aromatic heterocycles. The first-order valence-electron chi connectivity index (χ1n) is 9.12. The molecule has 0 saturated heterocycles. The Bertz CT molecular complexity index is 439. The zero-order valence-electron chi connectivity index (χ0n) is 16.7. The van der Waals surface area contributed by atoms with Crippen molar-refractivity contribution in [3.8, 4) is 0 Å². The van der Waals surface area contributed by atoms with E-state index >= 15 is 0 Å². The van der Waals surface area contributed by atoms with Crippen LogP contribution in [0.2, 0.25) is 0 Å². The summed E-state index contributed by atoms with van der Waals surface area (Å²) in [4.78, 5) is 22.3. The van der Waals surface area contributed by atoms with Gasteiger partial charge >= 0.3 is 12.2 Å². The van der Waals surface area contributed by atoms with Crippen molar-refractivity contribution in [2.75, 3.05) is 0 Å². The Labute approximate surface area is 155 Å². The molecule has 0 aromatic rings. The van der Waals surface area contributed by atoms with Crippen LogP contribution in [0, 0.1) is 0 Å². The second kappa shape index (κ2) is 8.90. The Morgan fingerprint density at radius 2 is 1.04 bits per heavy atom. The third kappa shape index (κ3) is 8.71. The lowest BCUT2D eigenvalue weighted by atomic mass is 9.89.